The van der Waals surface area contributed by atoms with Crippen molar-refractivity contribution < 1.29 is 9.90 Å². The standard InChI is InChI=1S/C24H20N4O2S/c29-20-14-8-7-13-19(20)15-25-28-21(30)16-31-24-26-22(17-9-3-1-4-10-17)23(27-24)18-11-5-2-6-12-18/h1-15,29H,16H2,(H,26,27)(H,28,30)/b25-15+. The first-order valence-electron chi connectivity index (χ1n) is 9.64. The Morgan fingerprint density at radius 3 is 2.32 bits per heavy atom. The van der Waals surface area contributed by atoms with Crippen molar-refractivity contribution in [3.05, 3.63) is 90.5 Å². The third-order valence-corrected chi connectivity index (χ3v) is 5.33. The van der Waals surface area contributed by atoms with Crippen molar-refractivity contribution in [1.82, 2.24) is 15.4 Å². The van der Waals surface area contributed by atoms with E-state index >= 15 is 0 Å². The highest BCUT2D eigenvalue weighted by atomic mass is 32.2. The molecule has 0 atom stereocenters. The second kappa shape index (κ2) is 9.77. The highest BCUT2D eigenvalue weighted by Crippen LogP contribution is 2.32. The highest BCUT2D eigenvalue weighted by Gasteiger charge is 2.15. The maximum absolute atomic E-state index is 12.2. The van der Waals surface area contributed by atoms with E-state index in [0.29, 0.717) is 10.7 Å². The lowest BCUT2D eigenvalue weighted by Crippen LogP contribution is -2.19. The fourth-order valence-electron chi connectivity index (χ4n) is 2.98. The predicted molar refractivity (Wildman–Crippen MR) is 124 cm³/mol. The predicted octanol–water partition coefficient (Wildman–Crippen LogP) is 4.69. The Morgan fingerprint density at radius 1 is 0.968 bits per heavy atom. The second-order valence-electron chi connectivity index (χ2n) is 6.64. The molecule has 0 aliphatic carbocycles. The minimum Gasteiger partial charge on any atom is -0.507 e. The van der Waals surface area contributed by atoms with Crippen LogP contribution in [-0.2, 0) is 4.79 Å². The topological polar surface area (TPSA) is 90.4 Å². The third kappa shape index (κ3) is 5.21. The van der Waals surface area contributed by atoms with Crippen LogP contribution in [0.4, 0.5) is 0 Å². The van der Waals surface area contributed by atoms with Crippen LogP contribution in [0, 0.1) is 0 Å². The lowest BCUT2D eigenvalue weighted by molar-refractivity contribution is -0.118. The van der Waals surface area contributed by atoms with E-state index in [0.717, 1.165) is 22.5 Å². The zero-order chi connectivity index (χ0) is 21.5. The third-order valence-electron chi connectivity index (χ3n) is 4.46. The number of phenols is 1. The van der Waals surface area contributed by atoms with E-state index in [1.807, 2.05) is 60.7 Å². The number of imidazole rings is 1. The smallest absolute Gasteiger partial charge is 0.250 e. The van der Waals surface area contributed by atoms with Crippen LogP contribution in [0.3, 0.4) is 0 Å². The maximum Gasteiger partial charge on any atom is 0.250 e. The summed E-state index contributed by atoms with van der Waals surface area (Å²) in [5.74, 6) is -0.0170. The molecule has 0 unspecified atom stereocenters. The number of hydrogen-bond acceptors (Lipinski definition) is 5. The highest BCUT2D eigenvalue weighted by molar-refractivity contribution is 7.99. The van der Waals surface area contributed by atoms with Crippen LogP contribution in [0.2, 0.25) is 0 Å². The Morgan fingerprint density at radius 2 is 1.61 bits per heavy atom. The van der Waals surface area contributed by atoms with Gasteiger partial charge in [0.05, 0.1) is 23.4 Å². The number of phenolic OH excluding ortho intramolecular Hbond substituents is 1. The zero-order valence-corrected chi connectivity index (χ0v) is 17.3. The fourth-order valence-corrected chi connectivity index (χ4v) is 3.64. The van der Waals surface area contributed by atoms with Gasteiger partial charge in [0.15, 0.2) is 5.16 Å². The minimum absolute atomic E-state index is 0.104. The van der Waals surface area contributed by atoms with Gasteiger partial charge in [-0.1, -0.05) is 84.6 Å². The molecule has 154 valence electrons. The van der Waals surface area contributed by atoms with Crippen molar-refractivity contribution in [2.45, 2.75) is 5.16 Å². The Balaban J connectivity index is 1.46. The number of thioether (sulfide) groups is 1. The van der Waals surface area contributed by atoms with Crippen LogP contribution in [0.25, 0.3) is 22.5 Å². The van der Waals surface area contributed by atoms with Crippen molar-refractivity contribution in [1.29, 1.82) is 0 Å². The summed E-state index contributed by atoms with van der Waals surface area (Å²) in [4.78, 5) is 20.2. The number of para-hydroxylation sites is 1. The minimum atomic E-state index is -0.268. The molecule has 4 rings (SSSR count). The largest absolute Gasteiger partial charge is 0.507 e. The number of nitrogens with zero attached hydrogens (tertiary/aromatic N) is 2. The summed E-state index contributed by atoms with van der Waals surface area (Å²) in [7, 11) is 0. The van der Waals surface area contributed by atoms with Gasteiger partial charge in [0, 0.05) is 16.7 Å². The van der Waals surface area contributed by atoms with Crippen LogP contribution >= 0.6 is 11.8 Å². The normalized spacial score (nSPS) is 11.0. The molecule has 1 heterocycles. The van der Waals surface area contributed by atoms with Gasteiger partial charge in [0.1, 0.15) is 5.75 Å². The number of benzene rings is 3. The van der Waals surface area contributed by atoms with Crippen molar-refractivity contribution >= 4 is 23.9 Å². The fraction of sp³-hybridized carbons (Fsp3) is 0.0417. The van der Waals surface area contributed by atoms with E-state index in [1.54, 1.807) is 24.3 Å². The van der Waals surface area contributed by atoms with E-state index in [9.17, 15) is 9.90 Å². The molecule has 0 saturated carbocycles. The molecular weight excluding hydrogens is 408 g/mol. The number of hydrogen-bond donors (Lipinski definition) is 3. The molecule has 0 aliphatic rings. The first kappa shape index (κ1) is 20.4. The van der Waals surface area contributed by atoms with Crippen molar-refractivity contribution in [3.8, 4) is 28.3 Å². The number of aromatic hydroxyl groups is 1. The number of H-pyrrole nitrogens is 1. The summed E-state index contributed by atoms with van der Waals surface area (Å²) in [5, 5.41) is 14.3. The van der Waals surface area contributed by atoms with Gasteiger partial charge in [0.25, 0.3) is 5.91 Å². The average Bonchev–Trinajstić information content (AvgIpc) is 3.25. The Labute approximate surface area is 184 Å². The molecular formula is C24H20N4O2S. The monoisotopic (exact) mass is 428 g/mol. The van der Waals surface area contributed by atoms with Crippen molar-refractivity contribution in [2.24, 2.45) is 5.10 Å². The molecule has 4 aromatic rings. The number of amides is 1. The summed E-state index contributed by atoms with van der Waals surface area (Å²) < 4.78 is 0. The Hall–Kier alpha value is -3.84. The van der Waals surface area contributed by atoms with Gasteiger partial charge in [-0.3, -0.25) is 4.79 Å². The van der Waals surface area contributed by atoms with E-state index in [4.69, 9.17) is 4.98 Å². The van der Waals surface area contributed by atoms with Crippen molar-refractivity contribution in [3.63, 3.8) is 0 Å². The summed E-state index contributed by atoms with van der Waals surface area (Å²) in [6.45, 7) is 0. The molecule has 0 saturated heterocycles. The number of hydrazone groups is 1. The van der Waals surface area contributed by atoms with Crippen LogP contribution < -0.4 is 5.43 Å². The van der Waals surface area contributed by atoms with E-state index in [2.05, 4.69) is 15.5 Å². The summed E-state index contributed by atoms with van der Waals surface area (Å²) in [6, 6.07) is 26.7. The molecule has 7 heteroatoms. The Kier molecular flexibility index (Phi) is 6.44. The molecule has 3 N–H and O–H groups in total. The summed E-state index contributed by atoms with van der Waals surface area (Å²) in [6.07, 6.45) is 1.41. The summed E-state index contributed by atoms with van der Waals surface area (Å²) in [5.41, 5.74) is 6.78. The second-order valence-corrected chi connectivity index (χ2v) is 7.60. The molecule has 1 aromatic heterocycles. The maximum atomic E-state index is 12.2. The number of rotatable bonds is 7. The van der Waals surface area contributed by atoms with Crippen LogP contribution in [0.1, 0.15) is 5.56 Å². The number of aromatic amines is 1. The molecule has 6 nitrogen and oxygen atoms in total. The molecule has 1 amide bonds. The van der Waals surface area contributed by atoms with Gasteiger partial charge in [0.2, 0.25) is 0 Å². The van der Waals surface area contributed by atoms with Crippen molar-refractivity contribution in [2.75, 3.05) is 5.75 Å². The lowest BCUT2D eigenvalue weighted by atomic mass is 10.1. The number of carbonyl (C=O) groups excluding carboxylic acids is 1. The number of nitrogens with one attached hydrogen (secondary N) is 2. The molecule has 0 spiro atoms. The van der Waals surface area contributed by atoms with Gasteiger partial charge < -0.3 is 10.1 Å². The number of carbonyl (C=O) groups is 1. The van der Waals surface area contributed by atoms with Gasteiger partial charge in [-0.15, -0.1) is 0 Å². The zero-order valence-electron chi connectivity index (χ0n) is 16.5. The van der Waals surface area contributed by atoms with E-state index in [-0.39, 0.29) is 17.4 Å². The first-order valence-corrected chi connectivity index (χ1v) is 10.6. The molecule has 0 fully saturated rings. The average molecular weight is 429 g/mol. The van der Waals surface area contributed by atoms with Gasteiger partial charge in [-0.25, -0.2) is 10.4 Å². The molecule has 0 aliphatic heterocycles. The van der Waals surface area contributed by atoms with Gasteiger partial charge >= 0.3 is 0 Å². The number of aromatic nitrogens is 2. The quantitative estimate of drug-likeness (QED) is 0.226. The Bertz CT molecular complexity index is 1130. The molecule has 0 radical (unpaired) electrons. The van der Waals surface area contributed by atoms with E-state index < -0.39 is 0 Å². The van der Waals surface area contributed by atoms with Crippen LogP contribution in [0.15, 0.2) is 95.2 Å². The van der Waals surface area contributed by atoms with Crippen LogP contribution in [-0.4, -0.2) is 32.9 Å². The molecule has 3 aromatic carbocycles. The van der Waals surface area contributed by atoms with Gasteiger partial charge in [-0.05, 0) is 12.1 Å². The SMILES string of the molecule is O=C(CSc1nc(-c2ccccc2)c(-c2ccccc2)[nH]1)N/N=C/c1ccccc1O. The van der Waals surface area contributed by atoms with E-state index in [1.165, 1.54) is 18.0 Å². The first-order chi connectivity index (χ1) is 15.2. The van der Waals surface area contributed by atoms with Crippen LogP contribution in [0.5, 0.6) is 5.75 Å². The van der Waals surface area contributed by atoms with Gasteiger partial charge in [-0.2, -0.15) is 5.10 Å². The summed E-state index contributed by atoms with van der Waals surface area (Å²) >= 11 is 1.30. The lowest BCUT2D eigenvalue weighted by Gasteiger charge is -2.02. The molecule has 31 heavy (non-hydrogen) atoms. The molecule has 0 bridgehead atoms.